The smallest absolute Gasteiger partial charge is 0.221 e. The van der Waals surface area contributed by atoms with Gasteiger partial charge in [0.2, 0.25) is 5.88 Å². The quantitative estimate of drug-likeness (QED) is 0.729. The van der Waals surface area contributed by atoms with E-state index in [4.69, 9.17) is 4.74 Å². The molecular weight excluding hydrogens is 280 g/mol. The summed E-state index contributed by atoms with van der Waals surface area (Å²) in [6, 6.07) is 0. The topological polar surface area (TPSA) is 68.4 Å². The van der Waals surface area contributed by atoms with Crippen LogP contribution in [0.1, 0.15) is 18.2 Å². The van der Waals surface area contributed by atoms with Crippen LogP contribution in [0, 0.1) is 0 Å². The molecule has 0 saturated carbocycles. The summed E-state index contributed by atoms with van der Waals surface area (Å²) >= 11 is 0. The van der Waals surface area contributed by atoms with Gasteiger partial charge in [0.15, 0.2) is 5.82 Å². The van der Waals surface area contributed by atoms with Gasteiger partial charge >= 0.3 is 0 Å². The molecule has 0 spiro atoms. The van der Waals surface area contributed by atoms with E-state index in [1.165, 1.54) is 0 Å². The molecule has 0 unspecified atom stereocenters. The number of hydrogen-bond donors (Lipinski definition) is 0. The second-order valence-electron chi connectivity index (χ2n) is 5.15. The summed E-state index contributed by atoms with van der Waals surface area (Å²) in [5.41, 5.74) is 3.12. The minimum absolute atomic E-state index is 0.597. The molecule has 112 valence electrons. The van der Waals surface area contributed by atoms with Crippen LogP contribution in [0.5, 0.6) is 5.88 Å². The maximum Gasteiger partial charge on any atom is 0.221 e. The molecule has 7 heteroatoms. The summed E-state index contributed by atoms with van der Waals surface area (Å²) in [4.78, 5) is 19.6. The van der Waals surface area contributed by atoms with Gasteiger partial charge in [0.25, 0.3) is 0 Å². The van der Waals surface area contributed by atoms with Crippen molar-refractivity contribution in [1.29, 1.82) is 0 Å². The first kappa shape index (κ1) is 13.0. The highest BCUT2D eigenvalue weighted by Crippen LogP contribution is 2.29. The molecule has 0 amide bonds. The van der Waals surface area contributed by atoms with Crippen LogP contribution in [0.2, 0.25) is 0 Å². The molecule has 4 rings (SSSR count). The van der Waals surface area contributed by atoms with E-state index in [0.29, 0.717) is 19.0 Å². The maximum absolute atomic E-state index is 5.65. The van der Waals surface area contributed by atoms with E-state index in [9.17, 15) is 0 Å². The predicted molar refractivity (Wildman–Crippen MR) is 80.9 cm³/mol. The van der Waals surface area contributed by atoms with E-state index in [0.717, 1.165) is 35.6 Å². The Labute approximate surface area is 127 Å². The summed E-state index contributed by atoms with van der Waals surface area (Å²) in [7, 11) is 0. The third-order valence-electron chi connectivity index (χ3n) is 3.86. The van der Waals surface area contributed by atoms with Crippen LogP contribution in [0.25, 0.3) is 5.52 Å². The third-order valence-corrected chi connectivity index (χ3v) is 3.86. The minimum Gasteiger partial charge on any atom is -0.478 e. The minimum atomic E-state index is 0.597. The van der Waals surface area contributed by atoms with Crippen molar-refractivity contribution < 1.29 is 4.74 Å². The lowest BCUT2D eigenvalue weighted by Gasteiger charge is -2.30. The van der Waals surface area contributed by atoms with Crippen LogP contribution in [0.4, 0.5) is 5.82 Å². The maximum atomic E-state index is 5.65. The molecular formula is C15H16N6O. The number of nitrogens with zero attached hydrogens (tertiary/aromatic N) is 6. The summed E-state index contributed by atoms with van der Waals surface area (Å²) in [6.45, 7) is 4.13. The van der Waals surface area contributed by atoms with Gasteiger partial charge in [-0.15, -0.1) is 0 Å². The Morgan fingerprint density at radius 1 is 1.27 bits per heavy atom. The number of hydrogen-bond acceptors (Lipinski definition) is 6. The Balaban J connectivity index is 1.74. The Morgan fingerprint density at radius 3 is 3.14 bits per heavy atom. The lowest BCUT2D eigenvalue weighted by atomic mass is 10.1. The van der Waals surface area contributed by atoms with Crippen LogP contribution in [-0.2, 0) is 13.0 Å². The Bertz CT molecular complexity index is 815. The SMILES string of the molecule is CCOc1ncnc2c1CN(c1nccn3cncc13)CC2. The average Bonchev–Trinajstić information content (AvgIpc) is 3.04. The fourth-order valence-electron chi connectivity index (χ4n) is 2.84. The van der Waals surface area contributed by atoms with Crippen molar-refractivity contribution in [3.63, 3.8) is 0 Å². The monoisotopic (exact) mass is 296 g/mol. The number of anilines is 1. The molecule has 1 aliphatic rings. The van der Waals surface area contributed by atoms with Crippen LogP contribution in [-0.4, -0.2) is 37.5 Å². The molecule has 3 aromatic rings. The van der Waals surface area contributed by atoms with Crippen molar-refractivity contribution in [3.05, 3.63) is 42.5 Å². The molecule has 0 fully saturated rings. The molecule has 0 N–H and O–H groups in total. The van der Waals surface area contributed by atoms with Crippen molar-refractivity contribution >= 4 is 11.3 Å². The number of rotatable bonds is 3. The molecule has 4 heterocycles. The van der Waals surface area contributed by atoms with Crippen molar-refractivity contribution in [3.8, 4) is 5.88 Å². The molecule has 0 radical (unpaired) electrons. The standard InChI is InChI=1S/C15H16N6O/c1-2-22-15-11-8-20(5-3-12(11)18-9-19-15)14-13-7-16-10-21(13)6-4-17-14/h4,6-7,9-10H,2-3,5,8H2,1H3. The van der Waals surface area contributed by atoms with Crippen LogP contribution in [0.15, 0.2) is 31.2 Å². The zero-order valence-electron chi connectivity index (χ0n) is 12.3. The van der Waals surface area contributed by atoms with Gasteiger partial charge in [0.1, 0.15) is 11.8 Å². The molecule has 7 nitrogen and oxygen atoms in total. The highest BCUT2D eigenvalue weighted by molar-refractivity contribution is 5.68. The highest BCUT2D eigenvalue weighted by Gasteiger charge is 2.24. The zero-order chi connectivity index (χ0) is 14.9. The van der Waals surface area contributed by atoms with Crippen molar-refractivity contribution in [2.45, 2.75) is 19.9 Å². The Morgan fingerprint density at radius 2 is 2.23 bits per heavy atom. The van der Waals surface area contributed by atoms with Crippen LogP contribution >= 0.6 is 0 Å². The van der Waals surface area contributed by atoms with Crippen molar-refractivity contribution in [2.75, 3.05) is 18.1 Å². The lowest BCUT2D eigenvalue weighted by molar-refractivity contribution is 0.320. The van der Waals surface area contributed by atoms with Gasteiger partial charge in [-0.2, -0.15) is 0 Å². The Kier molecular flexibility index (Phi) is 3.10. The fraction of sp³-hybridized carbons (Fsp3) is 0.333. The first-order chi connectivity index (χ1) is 10.9. The molecule has 1 aliphatic heterocycles. The second-order valence-corrected chi connectivity index (χ2v) is 5.15. The lowest BCUT2D eigenvalue weighted by Crippen LogP contribution is -2.32. The van der Waals surface area contributed by atoms with Gasteiger partial charge in [0, 0.05) is 25.4 Å². The average molecular weight is 296 g/mol. The van der Waals surface area contributed by atoms with Crippen LogP contribution < -0.4 is 9.64 Å². The van der Waals surface area contributed by atoms with Gasteiger partial charge in [-0.3, -0.25) is 0 Å². The number of aromatic nitrogens is 5. The third kappa shape index (κ3) is 2.05. The van der Waals surface area contributed by atoms with E-state index in [-0.39, 0.29) is 0 Å². The molecule has 0 aliphatic carbocycles. The largest absolute Gasteiger partial charge is 0.478 e. The highest BCUT2D eigenvalue weighted by atomic mass is 16.5. The summed E-state index contributed by atoms with van der Waals surface area (Å²) in [6.07, 6.45) is 9.75. The van der Waals surface area contributed by atoms with Gasteiger partial charge in [0.05, 0.1) is 36.9 Å². The summed E-state index contributed by atoms with van der Waals surface area (Å²) < 4.78 is 7.62. The molecule has 3 aromatic heterocycles. The zero-order valence-corrected chi connectivity index (χ0v) is 12.3. The normalized spacial score (nSPS) is 14.1. The molecule has 22 heavy (non-hydrogen) atoms. The van der Waals surface area contributed by atoms with E-state index < -0.39 is 0 Å². The predicted octanol–water partition coefficient (Wildman–Crippen LogP) is 1.48. The molecule has 0 atom stereocenters. The van der Waals surface area contributed by atoms with Gasteiger partial charge in [-0.1, -0.05) is 0 Å². The first-order valence-electron chi connectivity index (χ1n) is 7.34. The molecule has 0 saturated heterocycles. The molecule has 0 bridgehead atoms. The van der Waals surface area contributed by atoms with E-state index in [2.05, 4.69) is 24.8 Å². The Hall–Kier alpha value is -2.70. The van der Waals surface area contributed by atoms with Crippen molar-refractivity contribution in [1.82, 2.24) is 24.3 Å². The number of fused-ring (bicyclic) bond motifs is 2. The van der Waals surface area contributed by atoms with Crippen molar-refractivity contribution in [2.24, 2.45) is 0 Å². The first-order valence-corrected chi connectivity index (χ1v) is 7.34. The van der Waals surface area contributed by atoms with Gasteiger partial charge in [-0.05, 0) is 6.92 Å². The summed E-state index contributed by atoms with van der Waals surface area (Å²) in [5.74, 6) is 1.61. The fourth-order valence-corrected chi connectivity index (χ4v) is 2.84. The summed E-state index contributed by atoms with van der Waals surface area (Å²) in [5, 5.41) is 0. The van der Waals surface area contributed by atoms with E-state index in [1.54, 1.807) is 18.9 Å². The molecule has 0 aromatic carbocycles. The second kappa shape index (κ2) is 5.25. The van der Waals surface area contributed by atoms with Gasteiger partial charge in [-0.25, -0.2) is 19.9 Å². The number of ether oxygens (including phenoxy) is 1. The van der Waals surface area contributed by atoms with Gasteiger partial charge < -0.3 is 14.0 Å². The van der Waals surface area contributed by atoms with E-state index in [1.807, 2.05) is 23.7 Å². The van der Waals surface area contributed by atoms with Crippen LogP contribution in [0.3, 0.4) is 0 Å². The number of imidazole rings is 1. The van der Waals surface area contributed by atoms with E-state index >= 15 is 0 Å².